The van der Waals surface area contributed by atoms with Crippen LogP contribution in [0.1, 0.15) is 97.2 Å². The number of hydrogen-bond donors (Lipinski definition) is 0. The van der Waals surface area contributed by atoms with Gasteiger partial charge in [0, 0.05) is 0 Å². The second-order valence-electron chi connectivity index (χ2n) is 7.53. The van der Waals surface area contributed by atoms with Crippen LogP contribution in [-0.2, 0) is 38.5 Å². The molecule has 0 unspecified atom stereocenters. The summed E-state index contributed by atoms with van der Waals surface area (Å²) in [5.74, 6) is 0. The lowest BCUT2D eigenvalue weighted by Gasteiger charge is -2.02. The quantitative estimate of drug-likeness (QED) is 0.350. The molecule has 3 rings (SSSR count). The average Bonchev–Trinajstić information content (AvgIpc) is 2.84. The molecule has 0 heteroatoms. The Hall–Kier alpha value is -2.34. The predicted molar refractivity (Wildman–Crippen MR) is 156 cm³/mol. The van der Waals surface area contributed by atoms with E-state index < -0.39 is 0 Å². The fraction of sp³-hybridized carbons (Fsp3) is 0.455. The molecular formula is C33H54. The van der Waals surface area contributed by atoms with Gasteiger partial charge < -0.3 is 0 Å². The largest absolute Gasteiger partial charge is 0.0776 e. The summed E-state index contributed by atoms with van der Waals surface area (Å²) in [5.41, 5.74) is 8.73. The minimum Gasteiger partial charge on any atom is -0.0776 e. The smallest absolute Gasteiger partial charge is 0.0305 e. The summed E-state index contributed by atoms with van der Waals surface area (Å²) in [5, 5.41) is 0. The molecule has 0 aliphatic carbocycles. The Balaban J connectivity index is -0.000000391. The van der Waals surface area contributed by atoms with E-state index in [4.69, 9.17) is 0 Å². The molecule has 3 aromatic rings. The Kier molecular flexibility index (Phi) is 23.0. The second-order valence-corrected chi connectivity index (χ2v) is 7.53. The molecule has 0 amide bonds. The van der Waals surface area contributed by atoms with Crippen LogP contribution in [0, 0.1) is 0 Å². The summed E-state index contributed by atoms with van der Waals surface area (Å²) < 4.78 is 0. The van der Waals surface area contributed by atoms with E-state index >= 15 is 0 Å². The van der Waals surface area contributed by atoms with Crippen molar-refractivity contribution in [2.24, 2.45) is 0 Å². The van der Waals surface area contributed by atoms with Gasteiger partial charge in [0.25, 0.3) is 0 Å². The Morgan fingerprint density at radius 2 is 0.697 bits per heavy atom. The Morgan fingerprint density at radius 1 is 0.364 bits per heavy atom. The monoisotopic (exact) mass is 450 g/mol. The van der Waals surface area contributed by atoms with Gasteiger partial charge in [0.1, 0.15) is 0 Å². The maximum atomic E-state index is 2.28. The highest BCUT2D eigenvalue weighted by molar-refractivity contribution is 5.26. The van der Waals surface area contributed by atoms with Crippen molar-refractivity contribution in [1.29, 1.82) is 0 Å². The van der Waals surface area contributed by atoms with Gasteiger partial charge >= 0.3 is 0 Å². The highest BCUT2D eigenvalue weighted by Crippen LogP contribution is 2.09. The molecule has 3 aromatic carbocycles. The molecule has 0 nitrogen and oxygen atoms in total. The van der Waals surface area contributed by atoms with E-state index in [-0.39, 0.29) is 22.3 Å². The van der Waals surface area contributed by atoms with Gasteiger partial charge in [-0.25, -0.2) is 0 Å². The number of hydrogen-bond acceptors (Lipinski definition) is 0. The molecule has 0 aliphatic rings. The summed E-state index contributed by atoms with van der Waals surface area (Å²) in [6, 6.07) is 26.2. The fourth-order valence-electron chi connectivity index (χ4n) is 3.33. The Bertz CT molecular complexity index is 746. The van der Waals surface area contributed by atoms with Gasteiger partial charge in [0.05, 0.1) is 0 Å². The van der Waals surface area contributed by atoms with Gasteiger partial charge in [-0.05, 0) is 71.9 Å². The van der Waals surface area contributed by atoms with Gasteiger partial charge in [0.2, 0.25) is 0 Å². The zero-order chi connectivity index (χ0) is 22.2. The van der Waals surface area contributed by atoms with Crippen molar-refractivity contribution in [2.45, 2.75) is 102 Å². The van der Waals surface area contributed by atoms with E-state index in [1.54, 1.807) is 0 Å². The van der Waals surface area contributed by atoms with Gasteiger partial charge in [0.15, 0.2) is 0 Å². The molecule has 0 bridgehead atoms. The first kappa shape index (κ1) is 35.3. The highest BCUT2D eigenvalue weighted by Gasteiger charge is 1.94. The second kappa shape index (κ2) is 21.5. The van der Waals surface area contributed by atoms with Crippen LogP contribution < -0.4 is 0 Å². The molecule has 0 spiro atoms. The van der Waals surface area contributed by atoms with Gasteiger partial charge in [-0.1, -0.05) is 137 Å². The molecule has 186 valence electrons. The Labute approximate surface area is 208 Å². The predicted octanol–water partition coefficient (Wildman–Crippen LogP) is 10.3. The zero-order valence-electron chi connectivity index (χ0n) is 20.2. The number of rotatable bonds is 6. The summed E-state index contributed by atoms with van der Waals surface area (Å²) in [6.07, 6.45) is 6.89. The minimum absolute atomic E-state index is 0. The molecule has 0 aliphatic heterocycles. The van der Waals surface area contributed by atoms with Crippen molar-refractivity contribution in [2.75, 3.05) is 0 Å². The van der Waals surface area contributed by atoms with Crippen molar-refractivity contribution >= 4 is 0 Å². The standard InChI is InChI=1S/3C10H14.3CH4/c1-3-9-5-7-10(4-2)8-6-9;1-3-9-6-5-7-10(4-2)8-9;1-3-9-7-5-6-8-10(9)4-2;;;/h3*5-8H,3-4H2,1-2H3;3*1H4. The molecule has 0 aromatic heterocycles. The van der Waals surface area contributed by atoms with E-state index in [1.807, 2.05) is 0 Å². The van der Waals surface area contributed by atoms with Crippen LogP contribution in [-0.4, -0.2) is 0 Å². The molecule has 0 heterocycles. The van der Waals surface area contributed by atoms with E-state index in [1.165, 1.54) is 33.4 Å². The van der Waals surface area contributed by atoms with Gasteiger partial charge in [-0.3, -0.25) is 0 Å². The summed E-state index contributed by atoms with van der Waals surface area (Å²) in [4.78, 5) is 0. The summed E-state index contributed by atoms with van der Waals surface area (Å²) >= 11 is 0. The van der Waals surface area contributed by atoms with Crippen molar-refractivity contribution in [3.05, 3.63) is 106 Å². The van der Waals surface area contributed by atoms with Crippen molar-refractivity contribution in [3.8, 4) is 0 Å². The third-order valence-corrected chi connectivity index (χ3v) is 5.53. The summed E-state index contributed by atoms with van der Waals surface area (Å²) in [7, 11) is 0. The molecular weight excluding hydrogens is 396 g/mol. The van der Waals surface area contributed by atoms with Crippen LogP contribution >= 0.6 is 0 Å². The SMILES string of the molecule is C.C.C.CCc1ccc(CC)cc1.CCc1cccc(CC)c1.CCc1ccccc1CC. The molecule has 0 fully saturated rings. The van der Waals surface area contributed by atoms with Crippen LogP contribution in [0.25, 0.3) is 0 Å². The van der Waals surface area contributed by atoms with Gasteiger partial charge in [-0.15, -0.1) is 0 Å². The molecule has 0 atom stereocenters. The van der Waals surface area contributed by atoms with Gasteiger partial charge in [-0.2, -0.15) is 0 Å². The molecule has 0 radical (unpaired) electrons. The van der Waals surface area contributed by atoms with E-state index in [0.717, 1.165) is 38.5 Å². The fourth-order valence-corrected chi connectivity index (χ4v) is 3.33. The lowest BCUT2D eigenvalue weighted by atomic mass is 10.0. The summed E-state index contributed by atoms with van der Waals surface area (Å²) in [6.45, 7) is 13.1. The van der Waals surface area contributed by atoms with E-state index in [0.29, 0.717) is 0 Å². The third-order valence-electron chi connectivity index (χ3n) is 5.53. The minimum atomic E-state index is 0. The topological polar surface area (TPSA) is 0 Å². The van der Waals surface area contributed by atoms with Crippen molar-refractivity contribution in [1.82, 2.24) is 0 Å². The van der Waals surface area contributed by atoms with E-state index in [9.17, 15) is 0 Å². The van der Waals surface area contributed by atoms with Crippen LogP contribution in [0.15, 0.2) is 72.8 Å². The highest BCUT2D eigenvalue weighted by atomic mass is 14.0. The van der Waals surface area contributed by atoms with Crippen molar-refractivity contribution in [3.63, 3.8) is 0 Å². The molecule has 0 N–H and O–H groups in total. The maximum Gasteiger partial charge on any atom is -0.0305 e. The molecule has 0 saturated carbocycles. The van der Waals surface area contributed by atoms with E-state index in [2.05, 4.69) is 114 Å². The average molecular weight is 451 g/mol. The lowest BCUT2D eigenvalue weighted by Crippen LogP contribution is -1.88. The van der Waals surface area contributed by atoms with Crippen LogP contribution in [0.3, 0.4) is 0 Å². The number of benzene rings is 3. The number of aryl methyl sites for hydroxylation is 6. The lowest BCUT2D eigenvalue weighted by molar-refractivity contribution is 1.04. The maximum absolute atomic E-state index is 2.28. The van der Waals surface area contributed by atoms with Crippen LogP contribution in [0.2, 0.25) is 0 Å². The zero-order valence-corrected chi connectivity index (χ0v) is 20.2. The Morgan fingerprint density at radius 3 is 0.970 bits per heavy atom. The first-order valence-electron chi connectivity index (χ1n) is 11.8. The first-order valence-corrected chi connectivity index (χ1v) is 11.8. The first-order chi connectivity index (χ1) is 14.6. The third kappa shape index (κ3) is 13.7. The van der Waals surface area contributed by atoms with Crippen molar-refractivity contribution < 1.29 is 0 Å². The molecule has 0 saturated heterocycles. The van der Waals surface area contributed by atoms with Crippen LogP contribution in [0.4, 0.5) is 0 Å². The molecule has 33 heavy (non-hydrogen) atoms. The van der Waals surface area contributed by atoms with Crippen LogP contribution in [0.5, 0.6) is 0 Å². The normalized spacial score (nSPS) is 8.91.